The molecule has 4 fully saturated rings. The van der Waals surface area contributed by atoms with Crippen LogP contribution in [0.5, 0.6) is 0 Å². The van der Waals surface area contributed by atoms with Gasteiger partial charge in [-0.25, -0.2) is 0 Å². The molecule has 0 heterocycles. The van der Waals surface area contributed by atoms with Gasteiger partial charge in [-0.3, -0.25) is 9.59 Å². The van der Waals surface area contributed by atoms with E-state index in [-0.39, 0.29) is 30.1 Å². The second-order valence-electron chi connectivity index (χ2n) is 10.3. The van der Waals surface area contributed by atoms with Crippen molar-refractivity contribution < 1.29 is 29.6 Å². The van der Waals surface area contributed by atoms with Gasteiger partial charge in [0.25, 0.3) is 0 Å². The van der Waals surface area contributed by atoms with Crippen LogP contribution in [0, 0.1) is 34.0 Å². The minimum absolute atomic E-state index is 0.0289. The van der Waals surface area contributed by atoms with Gasteiger partial charge < -0.3 is 20.1 Å². The standard InChI is InChI=1S/C22H32O6/c1-11-13-8-14(24)17-21(10-28-12(2)23)7-5-6-20(3,4)15(21)9-16(25)22(17,18(11)26)19(13)27/h13-17,19,24-25,27H,1,5-10H2,2-4H3/t13?,14-,15+,16?,17-,19?,21?,22+/m0/s1. The molecule has 4 rings (SSSR count). The van der Waals surface area contributed by atoms with E-state index in [1.54, 1.807) is 0 Å². The number of esters is 1. The Morgan fingerprint density at radius 1 is 1.21 bits per heavy atom. The van der Waals surface area contributed by atoms with Crippen molar-refractivity contribution in [3.05, 3.63) is 12.2 Å². The summed E-state index contributed by atoms with van der Waals surface area (Å²) in [5.41, 5.74) is -1.94. The van der Waals surface area contributed by atoms with Gasteiger partial charge in [-0.15, -0.1) is 0 Å². The van der Waals surface area contributed by atoms with Gasteiger partial charge >= 0.3 is 5.97 Å². The Labute approximate surface area is 166 Å². The maximum absolute atomic E-state index is 13.4. The van der Waals surface area contributed by atoms with Crippen molar-refractivity contribution in [3.8, 4) is 0 Å². The number of aliphatic hydroxyl groups is 3. The third kappa shape index (κ3) is 2.25. The van der Waals surface area contributed by atoms with Crippen molar-refractivity contribution in [1.82, 2.24) is 0 Å². The Morgan fingerprint density at radius 3 is 2.54 bits per heavy atom. The van der Waals surface area contributed by atoms with Crippen LogP contribution in [-0.2, 0) is 14.3 Å². The normalized spacial score (nSPS) is 49.4. The molecule has 2 bridgehead atoms. The van der Waals surface area contributed by atoms with Crippen molar-refractivity contribution in [2.45, 2.75) is 71.2 Å². The van der Waals surface area contributed by atoms with Crippen LogP contribution in [0.4, 0.5) is 0 Å². The molecule has 0 aromatic rings. The molecule has 0 aromatic carbocycles. The van der Waals surface area contributed by atoms with Crippen LogP contribution in [0.1, 0.15) is 52.9 Å². The predicted octanol–water partition coefficient (Wildman–Crippen LogP) is 1.61. The molecule has 6 nitrogen and oxygen atoms in total. The highest BCUT2D eigenvalue weighted by molar-refractivity contribution is 6.04. The molecule has 4 aliphatic carbocycles. The van der Waals surface area contributed by atoms with Crippen LogP contribution in [0.2, 0.25) is 0 Å². The van der Waals surface area contributed by atoms with E-state index in [2.05, 4.69) is 20.4 Å². The molecule has 8 atom stereocenters. The highest BCUT2D eigenvalue weighted by Crippen LogP contribution is 2.71. The second kappa shape index (κ2) is 6.13. The SMILES string of the molecule is C=C1C(=O)[C@@]23C(O)C[C@@H]4C(C)(C)CCCC4(COC(C)=O)[C@@H]2[C@@H](O)CC1C3O. The fourth-order valence-corrected chi connectivity index (χ4v) is 7.67. The molecule has 0 radical (unpaired) electrons. The molecule has 1 spiro atoms. The van der Waals surface area contributed by atoms with Gasteiger partial charge in [0.15, 0.2) is 5.78 Å². The lowest BCUT2D eigenvalue weighted by atomic mass is 9.39. The lowest BCUT2D eigenvalue weighted by molar-refractivity contribution is -0.265. The average Bonchev–Trinajstić information content (AvgIpc) is 2.72. The fourth-order valence-electron chi connectivity index (χ4n) is 7.67. The topological polar surface area (TPSA) is 104 Å². The zero-order valence-electron chi connectivity index (χ0n) is 17.0. The number of fused-ring (bicyclic) bond motifs is 3. The Morgan fingerprint density at radius 2 is 1.89 bits per heavy atom. The maximum Gasteiger partial charge on any atom is 0.302 e. The number of hydrogen-bond acceptors (Lipinski definition) is 6. The minimum Gasteiger partial charge on any atom is -0.465 e. The number of ether oxygens (including phenoxy) is 1. The number of carbonyl (C=O) groups is 2. The minimum atomic E-state index is -1.45. The Balaban J connectivity index is 1.92. The first-order valence-corrected chi connectivity index (χ1v) is 10.4. The van der Waals surface area contributed by atoms with Gasteiger partial charge in [0.2, 0.25) is 0 Å². The van der Waals surface area contributed by atoms with Gasteiger partial charge in [0.1, 0.15) is 0 Å². The summed E-state index contributed by atoms with van der Waals surface area (Å²) in [6.45, 7) is 9.65. The number of carbonyl (C=O) groups excluding carboxylic acids is 2. The summed E-state index contributed by atoms with van der Waals surface area (Å²) < 4.78 is 5.52. The summed E-state index contributed by atoms with van der Waals surface area (Å²) in [5, 5.41) is 33.7. The fraction of sp³-hybridized carbons (Fsp3) is 0.818. The van der Waals surface area contributed by atoms with E-state index in [9.17, 15) is 24.9 Å². The van der Waals surface area contributed by atoms with Crippen molar-refractivity contribution in [1.29, 1.82) is 0 Å². The molecule has 3 N–H and O–H groups in total. The first-order valence-electron chi connectivity index (χ1n) is 10.4. The van der Waals surface area contributed by atoms with E-state index >= 15 is 0 Å². The molecule has 6 heteroatoms. The van der Waals surface area contributed by atoms with Crippen LogP contribution in [0.25, 0.3) is 0 Å². The molecule has 0 amide bonds. The number of Topliss-reactive ketones (excluding diaryl/α,β-unsaturated/α-hetero) is 1. The second-order valence-corrected chi connectivity index (χ2v) is 10.3. The van der Waals surface area contributed by atoms with Crippen molar-refractivity contribution in [2.75, 3.05) is 6.61 Å². The Kier molecular flexibility index (Phi) is 4.39. The van der Waals surface area contributed by atoms with E-state index in [4.69, 9.17) is 4.74 Å². The number of ketones is 1. The first kappa shape index (κ1) is 20.0. The smallest absolute Gasteiger partial charge is 0.302 e. The molecule has 4 saturated carbocycles. The van der Waals surface area contributed by atoms with Crippen molar-refractivity contribution >= 4 is 11.8 Å². The molecule has 4 unspecified atom stereocenters. The van der Waals surface area contributed by atoms with Gasteiger partial charge in [-0.05, 0) is 42.6 Å². The van der Waals surface area contributed by atoms with Crippen LogP contribution in [0.3, 0.4) is 0 Å². The van der Waals surface area contributed by atoms with E-state index in [1.807, 2.05) is 0 Å². The molecule has 28 heavy (non-hydrogen) atoms. The third-order valence-electron chi connectivity index (χ3n) is 8.67. The largest absolute Gasteiger partial charge is 0.465 e. The molecule has 0 aromatic heterocycles. The zero-order valence-corrected chi connectivity index (χ0v) is 17.0. The number of aliphatic hydroxyl groups excluding tert-OH is 3. The summed E-state index contributed by atoms with van der Waals surface area (Å²) in [4.78, 5) is 25.1. The maximum atomic E-state index is 13.4. The number of rotatable bonds is 2. The number of hydrogen-bond donors (Lipinski definition) is 3. The third-order valence-corrected chi connectivity index (χ3v) is 8.67. The van der Waals surface area contributed by atoms with E-state index in [0.717, 1.165) is 12.8 Å². The lowest BCUT2D eigenvalue weighted by Gasteiger charge is -2.66. The van der Waals surface area contributed by atoms with E-state index in [1.165, 1.54) is 6.92 Å². The summed E-state index contributed by atoms with van der Waals surface area (Å²) in [6, 6.07) is 0. The summed E-state index contributed by atoms with van der Waals surface area (Å²) in [5.74, 6) is -1.93. The van der Waals surface area contributed by atoms with Gasteiger partial charge in [0, 0.05) is 24.2 Å². The molecule has 4 aliphatic rings. The molecule has 156 valence electrons. The predicted molar refractivity (Wildman–Crippen MR) is 101 cm³/mol. The molecular weight excluding hydrogens is 360 g/mol. The summed E-state index contributed by atoms with van der Waals surface area (Å²) in [6.07, 6.45) is 0.170. The molecule has 0 aliphatic heterocycles. The van der Waals surface area contributed by atoms with Crippen LogP contribution in [-0.4, -0.2) is 52.0 Å². The highest BCUT2D eigenvalue weighted by Gasteiger charge is 2.77. The van der Waals surface area contributed by atoms with Gasteiger partial charge in [-0.1, -0.05) is 26.8 Å². The Bertz CT molecular complexity index is 729. The monoisotopic (exact) mass is 392 g/mol. The molecule has 0 saturated heterocycles. The Hall–Kier alpha value is -1.24. The van der Waals surface area contributed by atoms with Crippen LogP contribution in [0.15, 0.2) is 12.2 Å². The molecular formula is C22H32O6. The first-order chi connectivity index (χ1) is 13.0. The van der Waals surface area contributed by atoms with E-state index < -0.39 is 46.9 Å². The quantitative estimate of drug-likeness (QED) is 0.487. The highest BCUT2D eigenvalue weighted by atomic mass is 16.5. The zero-order chi connectivity index (χ0) is 20.6. The summed E-state index contributed by atoms with van der Waals surface area (Å²) >= 11 is 0. The summed E-state index contributed by atoms with van der Waals surface area (Å²) in [7, 11) is 0. The lowest BCUT2D eigenvalue weighted by Crippen LogP contribution is -2.71. The van der Waals surface area contributed by atoms with Crippen molar-refractivity contribution in [2.24, 2.45) is 34.0 Å². The average molecular weight is 392 g/mol. The van der Waals surface area contributed by atoms with Gasteiger partial charge in [-0.2, -0.15) is 0 Å². The van der Waals surface area contributed by atoms with Crippen molar-refractivity contribution in [3.63, 3.8) is 0 Å². The van der Waals surface area contributed by atoms with E-state index in [0.29, 0.717) is 18.4 Å². The van der Waals surface area contributed by atoms with Crippen LogP contribution >= 0.6 is 0 Å². The van der Waals surface area contributed by atoms with Crippen LogP contribution < -0.4 is 0 Å². The van der Waals surface area contributed by atoms with Gasteiger partial charge in [0.05, 0.1) is 30.3 Å².